The fourth-order valence-electron chi connectivity index (χ4n) is 1.36. The van der Waals surface area contributed by atoms with Gasteiger partial charge < -0.3 is 15.4 Å². The van der Waals surface area contributed by atoms with Crippen LogP contribution >= 0.6 is 11.6 Å². The summed E-state index contributed by atoms with van der Waals surface area (Å²) >= 11 is 5.93. The molecule has 0 saturated heterocycles. The molecule has 0 aliphatic heterocycles. The van der Waals surface area contributed by atoms with Gasteiger partial charge in [0.05, 0.1) is 0 Å². The summed E-state index contributed by atoms with van der Waals surface area (Å²) in [7, 11) is 2.03. The zero-order valence-corrected chi connectivity index (χ0v) is 10.6. The number of nitrogens with two attached hydrogens (primary N) is 1. The van der Waals surface area contributed by atoms with Crippen molar-refractivity contribution in [2.45, 2.75) is 6.92 Å². The van der Waals surface area contributed by atoms with E-state index in [9.17, 15) is 0 Å². The largest absolute Gasteiger partial charge is 0.492 e. The molecule has 1 rings (SSSR count). The van der Waals surface area contributed by atoms with Crippen molar-refractivity contribution in [3.63, 3.8) is 0 Å². The molecule has 0 heterocycles. The molecule has 0 amide bonds. The molecule has 0 radical (unpaired) electrons. The third-order valence-corrected chi connectivity index (χ3v) is 2.81. The van der Waals surface area contributed by atoms with Crippen LogP contribution in [-0.4, -0.2) is 38.2 Å². The topological polar surface area (TPSA) is 38.5 Å². The first-order chi connectivity index (χ1) is 7.63. The van der Waals surface area contributed by atoms with Gasteiger partial charge in [-0.2, -0.15) is 0 Å². The molecule has 2 N–H and O–H groups in total. The first-order valence-electron chi connectivity index (χ1n) is 5.41. The summed E-state index contributed by atoms with van der Waals surface area (Å²) in [6.07, 6.45) is 0. The van der Waals surface area contributed by atoms with Crippen LogP contribution in [0.4, 0.5) is 0 Å². The van der Waals surface area contributed by atoms with Gasteiger partial charge in [-0.15, -0.1) is 0 Å². The lowest BCUT2D eigenvalue weighted by molar-refractivity contribution is 0.241. The number of rotatable bonds is 6. The summed E-state index contributed by atoms with van der Waals surface area (Å²) in [5.74, 6) is 0.864. The molecule has 0 aromatic heterocycles. The minimum Gasteiger partial charge on any atom is -0.492 e. The number of likely N-dealkylation sites (N-methyl/N-ethyl adjacent to an activating group) is 1. The van der Waals surface area contributed by atoms with E-state index < -0.39 is 0 Å². The quantitative estimate of drug-likeness (QED) is 0.829. The Morgan fingerprint density at radius 1 is 1.38 bits per heavy atom. The maximum Gasteiger partial charge on any atom is 0.119 e. The van der Waals surface area contributed by atoms with Crippen LogP contribution in [0.1, 0.15) is 5.56 Å². The smallest absolute Gasteiger partial charge is 0.119 e. The van der Waals surface area contributed by atoms with Gasteiger partial charge >= 0.3 is 0 Å². The summed E-state index contributed by atoms with van der Waals surface area (Å²) in [5.41, 5.74) is 6.49. The lowest BCUT2D eigenvalue weighted by Gasteiger charge is -2.15. The fraction of sp³-hybridized carbons (Fsp3) is 0.500. The number of ether oxygens (including phenoxy) is 1. The first kappa shape index (κ1) is 13.3. The van der Waals surface area contributed by atoms with Gasteiger partial charge in [0.1, 0.15) is 12.4 Å². The van der Waals surface area contributed by atoms with E-state index in [2.05, 4.69) is 4.90 Å². The Morgan fingerprint density at radius 3 is 2.75 bits per heavy atom. The molecule has 90 valence electrons. The van der Waals surface area contributed by atoms with Crippen LogP contribution in [0.25, 0.3) is 0 Å². The monoisotopic (exact) mass is 242 g/mol. The third kappa shape index (κ3) is 4.39. The van der Waals surface area contributed by atoms with Crippen molar-refractivity contribution in [2.24, 2.45) is 5.73 Å². The van der Waals surface area contributed by atoms with E-state index >= 15 is 0 Å². The van der Waals surface area contributed by atoms with Crippen LogP contribution < -0.4 is 10.5 Å². The van der Waals surface area contributed by atoms with Crippen molar-refractivity contribution in [3.8, 4) is 5.75 Å². The molecule has 16 heavy (non-hydrogen) atoms. The molecule has 4 heteroatoms. The number of hydrogen-bond donors (Lipinski definition) is 1. The highest BCUT2D eigenvalue weighted by atomic mass is 35.5. The Morgan fingerprint density at radius 2 is 2.12 bits per heavy atom. The first-order valence-corrected chi connectivity index (χ1v) is 5.79. The number of aryl methyl sites for hydroxylation is 1. The Hall–Kier alpha value is -0.770. The molecule has 0 aliphatic rings. The molecule has 0 saturated carbocycles. The van der Waals surface area contributed by atoms with E-state index in [1.165, 1.54) is 0 Å². The Kier molecular flexibility index (Phi) is 5.60. The van der Waals surface area contributed by atoms with Gasteiger partial charge in [0.15, 0.2) is 0 Å². The molecule has 0 atom stereocenters. The second-order valence-corrected chi connectivity index (χ2v) is 4.26. The summed E-state index contributed by atoms with van der Waals surface area (Å²) in [6, 6.07) is 5.69. The number of nitrogens with zero attached hydrogens (tertiary/aromatic N) is 1. The Bertz CT molecular complexity index is 331. The molecular formula is C12H19ClN2O. The standard InChI is InChI=1S/C12H19ClN2O/c1-10-9-11(3-4-12(10)13)16-8-7-15(2)6-5-14/h3-4,9H,5-8,14H2,1-2H3. The maximum absolute atomic E-state index is 5.93. The van der Waals surface area contributed by atoms with Gasteiger partial charge in [0, 0.05) is 24.7 Å². The lowest BCUT2D eigenvalue weighted by atomic mass is 10.2. The number of halogens is 1. The Labute approximate surface area is 102 Å². The predicted octanol–water partition coefficient (Wildman–Crippen LogP) is 1.92. The second kappa shape index (κ2) is 6.74. The Balaban J connectivity index is 2.34. The van der Waals surface area contributed by atoms with Crippen molar-refractivity contribution in [3.05, 3.63) is 28.8 Å². The minimum absolute atomic E-state index is 0.664. The minimum atomic E-state index is 0.664. The van der Waals surface area contributed by atoms with Gasteiger partial charge in [-0.25, -0.2) is 0 Å². The van der Waals surface area contributed by atoms with E-state index in [1.54, 1.807) is 0 Å². The summed E-state index contributed by atoms with van der Waals surface area (Å²) < 4.78 is 5.62. The van der Waals surface area contributed by atoms with E-state index in [1.807, 2.05) is 32.2 Å². The van der Waals surface area contributed by atoms with Crippen molar-refractivity contribution < 1.29 is 4.74 Å². The van der Waals surface area contributed by atoms with Gasteiger partial charge in [-0.1, -0.05) is 11.6 Å². The molecule has 0 fully saturated rings. The van der Waals surface area contributed by atoms with E-state index in [0.29, 0.717) is 13.2 Å². The highest BCUT2D eigenvalue weighted by Gasteiger charge is 2.00. The SMILES string of the molecule is Cc1cc(OCCN(C)CCN)ccc1Cl. The van der Waals surface area contributed by atoms with Crippen molar-refractivity contribution >= 4 is 11.6 Å². The van der Waals surface area contributed by atoms with E-state index in [0.717, 1.165) is 29.4 Å². The fourth-order valence-corrected chi connectivity index (χ4v) is 1.48. The molecule has 1 aromatic rings. The zero-order valence-electron chi connectivity index (χ0n) is 9.87. The van der Waals surface area contributed by atoms with Gasteiger partial charge in [0.2, 0.25) is 0 Å². The molecule has 0 unspecified atom stereocenters. The lowest BCUT2D eigenvalue weighted by Crippen LogP contribution is -2.29. The van der Waals surface area contributed by atoms with E-state index in [4.69, 9.17) is 22.1 Å². The van der Waals surface area contributed by atoms with Crippen LogP contribution in [0, 0.1) is 6.92 Å². The molecule has 0 aliphatic carbocycles. The highest BCUT2D eigenvalue weighted by Crippen LogP contribution is 2.20. The maximum atomic E-state index is 5.93. The highest BCUT2D eigenvalue weighted by molar-refractivity contribution is 6.31. The average molecular weight is 243 g/mol. The van der Waals surface area contributed by atoms with Crippen LogP contribution in [0.5, 0.6) is 5.75 Å². The number of hydrogen-bond acceptors (Lipinski definition) is 3. The third-order valence-electron chi connectivity index (χ3n) is 2.38. The van der Waals surface area contributed by atoms with E-state index in [-0.39, 0.29) is 0 Å². The molecular weight excluding hydrogens is 224 g/mol. The second-order valence-electron chi connectivity index (χ2n) is 3.85. The van der Waals surface area contributed by atoms with Crippen LogP contribution in [0.15, 0.2) is 18.2 Å². The molecule has 0 spiro atoms. The van der Waals surface area contributed by atoms with Crippen molar-refractivity contribution in [1.29, 1.82) is 0 Å². The average Bonchev–Trinajstić information content (AvgIpc) is 2.24. The van der Waals surface area contributed by atoms with Crippen molar-refractivity contribution in [2.75, 3.05) is 33.3 Å². The van der Waals surface area contributed by atoms with Gasteiger partial charge in [0.25, 0.3) is 0 Å². The number of benzene rings is 1. The zero-order chi connectivity index (χ0) is 12.0. The van der Waals surface area contributed by atoms with Gasteiger partial charge in [-0.05, 0) is 37.7 Å². The summed E-state index contributed by atoms with van der Waals surface area (Å²) in [5, 5.41) is 0.771. The predicted molar refractivity (Wildman–Crippen MR) is 68.2 cm³/mol. The van der Waals surface area contributed by atoms with Crippen LogP contribution in [0.3, 0.4) is 0 Å². The van der Waals surface area contributed by atoms with Crippen molar-refractivity contribution in [1.82, 2.24) is 4.90 Å². The molecule has 1 aromatic carbocycles. The molecule has 0 bridgehead atoms. The summed E-state index contributed by atoms with van der Waals surface area (Å²) in [4.78, 5) is 2.14. The summed E-state index contributed by atoms with van der Waals surface area (Å²) in [6.45, 7) is 5.08. The van der Waals surface area contributed by atoms with Gasteiger partial charge in [-0.3, -0.25) is 0 Å². The van der Waals surface area contributed by atoms with Crippen LogP contribution in [-0.2, 0) is 0 Å². The van der Waals surface area contributed by atoms with Crippen LogP contribution in [0.2, 0.25) is 5.02 Å². The normalized spacial score (nSPS) is 10.8. The molecule has 3 nitrogen and oxygen atoms in total.